The van der Waals surface area contributed by atoms with E-state index in [0.717, 1.165) is 47.8 Å². The molecule has 0 spiro atoms. The van der Waals surface area contributed by atoms with E-state index >= 15 is 0 Å². The maximum Gasteiger partial charge on any atom is 0.203 e. The number of fused-ring (bicyclic) bond motifs is 1. The third-order valence-electron chi connectivity index (χ3n) is 4.80. The smallest absolute Gasteiger partial charge is 0.203 e. The van der Waals surface area contributed by atoms with Gasteiger partial charge in [0.05, 0.1) is 0 Å². The minimum Gasteiger partial charge on any atom is -0.350 e. The van der Waals surface area contributed by atoms with Crippen molar-refractivity contribution < 1.29 is 0 Å². The van der Waals surface area contributed by atoms with Crippen LogP contribution in [0.4, 0.5) is 5.82 Å². The number of hydrogen-bond acceptors (Lipinski definition) is 5. The average Bonchev–Trinajstić information content (AvgIpc) is 2.97. The zero-order valence-electron chi connectivity index (χ0n) is 14.4. The lowest BCUT2D eigenvalue weighted by atomic mass is 10.1. The van der Waals surface area contributed by atoms with Crippen LogP contribution >= 0.6 is 15.9 Å². The molecule has 3 heterocycles. The van der Waals surface area contributed by atoms with E-state index in [1.165, 1.54) is 5.56 Å². The highest BCUT2D eigenvalue weighted by Gasteiger charge is 2.32. The second-order valence-electron chi connectivity index (χ2n) is 6.52. The Morgan fingerprint density at radius 2 is 2.12 bits per heavy atom. The van der Waals surface area contributed by atoms with Gasteiger partial charge in [-0.05, 0) is 24.7 Å². The zero-order chi connectivity index (χ0) is 17.4. The van der Waals surface area contributed by atoms with Crippen molar-refractivity contribution >= 4 is 27.4 Å². The highest BCUT2D eigenvalue weighted by Crippen LogP contribution is 2.26. The Kier molecular flexibility index (Phi) is 4.43. The predicted octanol–water partition coefficient (Wildman–Crippen LogP) is 2.77. The van der Waals surface area contributed by atoms with Crippen LogP contribution < -0.4 is 4.90 Å². The molecule has 3 aromatic rings. The van der Waals surface area contributed by atoms with Crippen LogP contribution in [0.25, 0.3) is 5.65 Å². The minimum atomic E-state index is 0.523. The van der Waals surface area contributed by atoms with E-state index in [0.29, 0.717) is 6.04 Å². The Bertz CT molecular complexity index is 886. The minimum absolute atomic E-state index is 0.523. The molecular weight excluding hydrogens is 380 g/mol. The summed E-state index contributed by atoms with van der Waals surface area (Å²) in [5, 5.41) is 8.59. The molecule has 1 aliphatic rings. The van der Waals surface area contributed by atoms with Gasteiger partial charge in [0.1, 0.15) is 5.82 Å². The van der Waals surface area contributed by atoms with Crippen LogP contribution in [-0.4, -0.2) is 50.7 Å². The number of anilines is 1. The first-order valence-electron chi connectivity index (χ1n) is 8.54. The Hall–Kier alpha value is -1.99. The van der Waals surface area contributed by atoms with Gasteiger partial charge in [-0.1, -0.05) is 35.0 Å². The standard InChI is InChI=1S/C18H21BrN6/c1-3-16-21-22-18-17(20-7-8-25(16)18)24-11-15(12-24)23(2)10-13-5-4-6-14(19)9-13/h4-9,15H,3,10-12H2,1-2H3. The zero-order valence-corrected chi connectivity index (χ0v) is 16.0. The Balaban J connectivity index is 1.44. The highest BCUT2D eigenvalue weighted by molar-refractivity contribution is 9.10. The van der Waals surface area contributed by atoms with Crippen LogP contribution in [0.1, 0.15) is 18.3 Å². The molecule has 2 aromatic heterocycles. The SMILES string of the molecule is CCc1nnc2c(N3CC(N(C)Cc4cccc(Br)c4)C3)nccn12. The summed E-state index contributed by atoms with van der Waals surface area (Å²) in [7, 11) is 2.18. The van der Waals surface area contributed by atoms with Crippen molar-refractivity contribution in [1.29, 1.82) is 0 Å². The number of rotatable bonds is 5. The van der Waals surface area contributed by atoms with Crippen molar-refractivity contribution in [2.24, 2.45) is 0 Å². The van der Waals surface area contributed by atoms with Crippen molar-refractivity contribution in [2.75, 3.05) is 25.0 Å². The van der Waals surface area contributed by atoms with Crippen molar-refractivity contribution in [1.82, 2.24) is 24.5 Å². The summed E-state index contributed by atoms with van der Waals surface area (Å²) >= 11 is 3.54. The second kappa shape index (κ2) is 6.72. The lowest BCUT2D eigenvalue weighted by molar-refractivity contribution is 0.197. The summed E-state index contributed by atoms with van der Waals surface area (Å²) < 4.78 is 3.17. The molecule has 0 saturated carbocycles. The topological polar surface area (TPSA) is 49.6 Å². The van der Waals surface area contributed by atoms with Gasteiger partial charge in [0, 0.05) is 49.0 Å². The molecule has 0 bridgehead atoms. The lowest BCUT2D eigenvalue weighted by Gasteiger charge is -2.44. The number of aryl methyl sites for hydroxylation is 1. The van der Waals surface area contributed by atoms with Gasteiger partial charge in [0.25, 0.3) is 0 Å². The molecule has 4 rings (SSSR count). The first-order chi connectivity index (χ1) is 12.2. The third kappa shape index (κ3) is 3.14. The molecule has 7 heteroatoms. The van der Waals surface area contributed by atoms with Crippen molar-refractivity contribution in [3.05, 3.63) is 52.5 Å². The van der Waals surface area contributed by atoms with E-state index in [9.17, 15) is 0 Å². The van der Waals surface area contributed by atoms with Gasteiger partial charge in [-0.2, -0.15) is 0 Å². The van der Waals surface area contributed by atoms with Crippen LogP contribution in [0.3, 0.4) is 0 Å². The molecule has 1 fully saturated rings. The molecule has 1 saturated heterocycles. The Morgan fingerprint density at radius 3 is 2.88 bits per heavy atom. The van der Waals surface area contributed by atoms with E-state index < -0.39 is 0 Å². The summed E-state index contributed by atoms with van der Waals surface area (Å²) in [6.45, 7) is 4.96. The number of nitrogens with zero attached hydrogens (tertiary/aromatic N) is 6. The van der Waals surface area contributed by atoms with Crippen LogP contribution in [0.15, 0.2) is 41.1 Å². The fourth-order valence-corrected chi connectivity index (χ4v) is 3.73. The number of hydrogen-bond donors (Lipinski definition) is 0. The molecular formula is C18H21BrN6. The number of likely N-dealkylation sites (N-methyl/N-ethyl adjacent to an activating group) is 1. The van der Waals surface area contributed by atoms with Crippen LogP contribution in [0, 0.1) is 0 Å². The van der Waals surface area contributed by atoms with Gasteiger partial charge in [-0.25, -0.2) is 4.98 Å². The monoisotopic (exact) mass is 400 g/mol. The molecule has 0 radical (unpaired) electrons. The second-order valence-corrected chi connectivity index (χ2v) is 7.43. The highest BCUT2D eigenvalue weighted by atomic mass is 79.9. The number of aromatic nitrogens is 4. The van der Waals surface area contributed by atoms with Crippen molar-refractivity contribution in [3.8, 4) is 0 Å². The van der Waals surface area contributed by atoms with Gasteiger partial charge in [-0.3, -0.25) is 9.30 Å². The molecule has 0 amide bonds. The van der Waals surface area contributed by atoms with E-state index in [2.05, 4.69) is 79.1 Å². The Labute approximate surface area is 155 Å². The molecule has 1 aliphatic heterocycles. The van der Waals surface area contributed by atoms with Gasteiger partial charge >= 0.3 is 0 Å². The fraction of sp³-hybridized carbons (Fsp3) is 0.389. The predicted molar refractivity (Wildman–Crippen MR) is 102 cm³/mol. The van der Waals surface area contributed by atoms with Crippen molar-refractivity contribution in [3.63, 3.8) is 0 Å². The largest absolute Gasteiger partial charge is 0.350 e. The Morgan fingerprint density at radius 1 is 1.28 bits per heavy atom. The average molecular weight is 401 g/mol. The van der Waals surface area contributed by atoms with Gasteiger partial charge < -0.3 is 4.90 Å². The normalized spacial score (nSPS) is 15.1. The summed E-state index contributed by atoms with van der Waals surface area (Å²) in [6.07, 6.45) is 4.64. The third-order valence-corrected chi connectivity index (χ3v) is 5.29. The molecule has 6 nitrogen and oxygen atoms in total. The molecule has 0 unspecified atom stereocenters. The molecule has 0 atom stereocenters. The molecule has 0 N–H and O–H groups in total. The lowest BCUT2D eigenvalue weighted by Crippen LogP contribution is -2.58. The summed E-state index contributed by atoms with van der Waals surface area (Å²) in [5.41, 5.74) is 2.17. The summed E-state index contributed by atoms with van der Waals surface area (Å²) in [5.74, 6) is 1.91. The van der Waals surface area contributed by atoms with Gasteiger partial charge in [0.2, 0.25) is 5.65 Å². The first kappa shape index (κ1) is 16.5. The van der Waals surface area contributed by atoms with Gasteiger partial charge in [-0.15, -0.1) is 10.2 Å². The first-order valence-corrected chi connectivity index (χ1v) is 9.33. The van der Waals surface area contributed by atoms with Gasteiger partial charge in [0.15, 0.2) is 5.82 Å². The molecule has 0 aliphatic carbocycles. The van der Waals surface area contributed by atoms with Crippen LogP contribution in [-0.2, 0) is 13.0 Å². The quantitative estimate of drug-likeness (QED) is 0.658. The maximum atomic E-state index is 4.54. The summed E-state index contributed by atoms with van der Waals surface area (Å²) in [4.78, 5) is 9.23. The molecule has 130 valence electrons. The van der Waals surface area contributed by atoms with E-state index in [1.807, 2.05) is 16.8 Å². The van der Waals surface area contributed by atoms with Crippen LogP contribution in [0.2, 0.25) is 0 Å². The molecule has 25 heavy (non-hydrogen) atoms. The molecule has 1 aromatic carbocycles. The van der Waals surface area contributed by atoms with Crippen molar-refractivity contribution in [2.45, 2.75) is 25.9 Å². The summed E-state index contributed by atoms with van der Waals surface area (Å²) in [6, 6.07) is 9.01. The fourth-order valence-electron chi connectivity index (χ4n) is 3.28. The number of halogens is 1. The van der Waals surface area contributed by atoms with E-state index in [1.54, 1.807) is 0 Å². The van der Waals surface area contributed by atoms with E-state index in [4.69, 9.17) is 0 Å². The number of benzene rings is 1. The van der Waals surface area contributed by atoms with E-state index in [-0.39, 0.29) is 0 Å². The van der Waals surface area contributed by atoms with Crippen LogP contribution in [0.5, 0.6) is 0 Å². The maximum absolute atomic E-state index is 4.54.